The van der Waals surface area contributed by atoms with Crippen LogP contribution in [-0.2, 0) is 5.41 Å². The van der Waals surface area contributed by atoms with Crippen LogP contribution in [0, 0.1) is 6.92 Å². The van der Waals surface area contributed by atoms with Gasteiger partial charge in [0, 0.05) is 0 Å². The van der Waals surface area contributed by atoms with Gasteiger partial charge in [-0.05, 0) is 36.6 Å². The Labute approximate surface area is 110 Å². The van der Waals surface area contributed by atoms with E-state index < -0.39 is 0 Å². The molecule has 0 saturated carbocycles. The van der Waals surface area contributed by atoms with Gasteiger partial charge in [0.25, 0.3) is 0 Å². The molecule has 0 aromatic heterocycles. The largest absolute Gasteiger partial charge is 0.492 e. The molecule has 102 valence electrons. The molecule has 1 atom stereocenters. The number of aliphatic hydroxyl groups is 1. The fourth-order valence-electron chi connectivity index (χ4n) is 1.70. The van der Waals surface area contributed by atoms with E-state index in [1.54, 1.807) is 0 Å². The van der Waals surface area contributed by atoms with Crippen molar-refractivity contribution in [2.45, 2.75) is 39.2 Å². The highest BCUT2D eigenvalue weighted by atomic mass is 16.5. The molecule has 0 spiro atoms. The predicted octanol–water partition coefficient (Wildman–Crippen LogP) is 2.25. The molecule has 0 aliphatic heterocycles. The molecule has 18 heavy (non-hydrogen) atoms. The summed E-state index contributed by atoms with van der Waals surface area (Å²) in [6.45, 7) is 9.21. The van der Waals surface area contributed by atoms with Crippen molar-refractivity contribution in [2.24, 2.45) is 0 Å². The van der Waals surface area contributed by atoms with Crippen LogP contribution in [-0.4, -0.2) is 31.4 Å². The topological polar surface area (TPSA) is 41.5 Å². The highest BCUT2D eigenvalue weighted by Gasteiger charge is 2.15. The van der Waals surface area contributed by atoms with Crippen LogP contribution in [0.5, 0.6) is 5.75 Å². The number of aliphatic hydroxyl groups excluding tert-OH is 1. The molecule has 0 saturated heterocycles. The zero-order chi connectivity index (χ0) is 13.8. The van der Waals surface area contributed by atoms with Crippen molar-refractivity contribution in [1.29, 1.82) is 0 Å². The third-order valence-electron chi connectivity index (χ3n) is 3.11. The third kappa shape index (κ3) is 4.00. The average Bonchev–Trinajstić information content (AvgIpc) is 2.30. The van der Waals surface area contributed by atoms with E-state index in [9.17, 15) is 0 Å². The Hall–Kier alpha value is -1.06. The van der Waals surface area contributed by atoms with Crippen LogP contribution >= 0.6 is 0 Å². The second kappa shape index (κ2) is 6.21. The zero-order valence-electron chi connectivity index (χ0n) is 12.1. The van der Waals surface area contributed by atoms with Gasteiger partial charge in [0.05, 0.1) is 12.6 Å². The Morgan fingerprint density at radius 1 is 1.33 bits per heavy atom. The van der Waals surface area contributed by atoms with Gasteiger partial charge in [0.1, 0.15) is 12.4 Å². The molecule has 1 unspecified atom stereocenters. The van der Waals surface area contributed by atoms with E-state index in [-0.39, 0.29) is 18.1 Å². The van der Waals surface area contributed by atoms with Crippen molar-refractivity contribution in [2.75, 3.05) is 20.3 Å². The van der Waals surface area contributed by atoms with Gasteiger partial charge in [0.15, 0.2) is 0 Å². The van der Waals surface area contributed by atoms with E-state index in [1.165, 1.54) is 5.56 Å². The standard InChI is InChI=1S/C15H25NO2/c1-11-8-12(15(2,3)4)6-7-14(11)18-10-13(9-17)16-5/h6-8,13,16-17H,9-10H2,1-5H3. The monoisotopic (exact) mass is 251 g/mol. The van der Waals surface area contributed by atoms with Crippen LogP contribution in [0.15, 0.2) is 18.2 Å². The maximum Gasteiger partial charge on any atom is 0.122 e. The van der Waals surface area contributed by atoms with E-state index in [0.717, 1.165) is 11.3 Å². The normalized spacial score (nSPS) is 13.4. The lowest BCUT2D eigenvalue weighted by Crippen LogP contribution is -2.35. The Morgan fingerprint density at radius 3 is 2.44 bits per heavy atom. The lowest BCUT2D eigenvalue weighted by molar-refractivity contribution is 0.188. The highest BCUT2D eigenvalue weighted by molar-refractivity contribution is 5.38. The second-order valence-corrected chi connectivity index (χ2v) is 5.71. The minimum atomic E-state index is -0.0216. The summed E-state index contributed by atoms with van der Waals surface area (Å²) in [5.41, 5.74) is 2.59. The summed E-state index contributed by atoms with van der Waals surface area (Å²) < 4.78 is 5.73. The first-order chi connectivity index (χ1) is 8.38. The summed E-state index contributed by atoms with van der Waals surface area (Å²) in [7, 11) is 1.82. The Morgan fingerprint density at radius 2 is 2.00 bits per heavy atom. The molecule has 0 heterocycles. The van der Waals surface area contributed by atoms with E-state index in [2.05, 4.69) is 45.1 Å². The summed E-state index contributed by atoms with van der Waals surface area (Å²) in [4.78, 5) is 0. The molecular formula is C15H25NO2. The Balaban J connectivity index is 2.74. The number of rotatable bonds is 5. The smallest absolute Gasteiger partial charge is 0.122 e. The van der Waals surface area contributed by atoms with Crippen molar-refractivity contribution in [3.8, 4) is 5.75 Å². The summed E-state index contributed by atoms with van der Waals surface area (Å²) in [5, 5.41) is 12.1. The van der Waals surface area contributed by atoms with Crippen molar-refractivity contribution < 1.29 is 9.84 Å². The molecule has 0 aliphatic rings. The maximum absolute atomic E-state index is 9.08. The van der Waals surface area contributed by atoms with Crippen molar-refractivity contribution >= 4 is 0 Å². The first-order valence-corrected chi connectivity index (χ1v) is 6.40. The zero-order valence-corrected chi connectivity index (χ0v) is 12.1. The van der Waals surface area contributed by atoms with Crippen LogP contribution in [0.3, 0.4) is 0 Å². The Kier molecular flexibility index (Phi) is 5.17. The summed E-state index contributed by atoms with van der Waals surface area (Å²) in [6, 6.07) is 6.27. The molecule has 0 fully saturated rings. The molecule has 0 radical (unpaired) electrons. The molecule has 2 N–H and O–H groups in total. The molecular weight excluding hydrogens is 226 g/mol. The average molecular weight is 251 g/mol. The van der Waals surface area contributed by atoms with Gasteiger partial charge in [-0.15, -0.1) is 0 Å². The molecule has 3 heteroatoms. The SMILES string of the molecule is CNC(CO)COc1ccc(C(C)(C)C)cc1C. The van der Waals surface area contributed by atoms with E-state index in [1.807, 2.05) is 13.1 Å². The number of likely N-dealkylation sites (N-methyl/N-ethyl adjacent to an activating group) is 1. The Bertz CT molecular complexity index is 379. The van der Waals surface area contributed by atoms with Crippen LogP contribution in [0.4, 0.5) is 0 Å². The number of hydrogen-bond acceptors (Lipinski definition) is 3. The summed E-state index contributed by atoms with van der Waals surface area (Å²) in [6.07, 6.45) is 0. The van der Waals surface area contributed by atoms with Gasteiger partial charge >= 0.3 is 0 Å². The lowest BCUT2D eigenvalue weighted by atomic mass is 9.86. The van der Waals surface area contributed by atoms with Crippen molar-refractivity contribution in [3.05, 3.63) is 29.3 Å². The van der Waals surface area contributed by atoms with Gasteiger partial charge in [-0.25, -0.2) is 0 Å². The van der Waals surface area contributed by atoms with Gasteiger partial charge in [-0.1, -0.05) is 32.9 Å². The van der Waals surface area contributed by atoms with E-state index in [0.29, 0.717) is 6.61 Å². The minimum absolute atomic E-state index is 0.0216. The lowest BCUT2D eigenvalue weighted by Gasteiger charge is -2.21. The number of nitrogens with one attached hydrogen (secondary N) is 1. The van der Waals surface area contributed by atoms with E-state index in [4.69, 9.17) is 9.84 Å². The second-order valence-electron chi connectivity index (χ2n) is 5.71. The van der Waals surface area contributed by atoms with Crippen molar-refractivity contribution in [3.63, 3.8) is 0 Å². The molecule has 0 aliphatic carbocycles. The van der Waals surface area contributed by atoms with Crippen molar-refractivity contribution in [1.82, 2.24) is 5.32 Å². The van der Waals surface area contributed by atoms with Crippen LogP contribution in [0.2, 0.25) is 0 Å². The van der Waals surface area contributed by atoms with Gasteiger partial charge < -0.3 is 15.2 Å². The van der Waals surface area contributed by atoms with Gasteiger partial charge in [-0.2, -0.15) is 0 Å². The number of aryl methyl sites for hydroxylation is 1. The number of ether oxygens (including phenoxy) is 1. The van der Waals surface area contributed by atoms with Crippen LogP contribution < -0.4 is 10.1 Å². The molecule has 0 amide bonds. The van der Waals surface area contributed by atoms with Gasteiger partial charge in [-0.3, -0.25) is 0 Å². The molecule has 1 aromatic carbocycles. The summed E-state index contributed by atoms with van der Waals surface area (Å²) >= 11 is 0. The van der Waals surface area contributed by atoms with E-state index >= 15 is 0 Å². The maximum atomic E-state index is 9.08. The number of hydrogen-bond donors (Lipinski definition) is 2. The molecule has 1 rings (SSSR count). The number of benzene rings is 1. The quantitative estimate of drug-likeness (QED) is 0.843. The predicted molar refractivity (Wildman–Crippen MR) is 75.3 cm³/mol. The fourth-order valence-corrected chi connectivity index (χ4v) is 1.70. The molecule has 0 bridgehead atoms. The first kappa shape index (κ1) is 15.0. The highest BCUT2D eigenvalue weighted by Crippen LogP contribution is 2.27. The first-order valence-electron chi connectivity index (χ1n) is 6.40. The van der Waals surface area contributed by atoms with Gasteiger partial charge in [0.2, 0.25) is 0 Å². The molecule has 1 aromatic rings. The van der Waals surface area contributed by atoms with Crippen LogP contribution in [0.1, 0.15) is 31.9 Å². The third-order valence-corrected chi connectivity index (χ3v) is 3.11. The molecule has 3 nitrogen and oxygen atoms in total. The minimum Gasteiger partial charge on any atom is -0.492 e. The summed E-state index contributed by atoms with van der Waals surface area (Å²) in [5.74, 6) is 0.886. The fraction of sp³-hybridized carbons (Fsp3) is 0.600. The van der Waals surface area contributed by atoms with Crippen LogP contribution in [0.25, 0.3) is 0 Å².